The molecule has 0 spiro atoms. The van der Waals surface area contributed by atoms with Crippen LogP contribution in [0, 0.1) is 5.92 Å². The number of aliphatic hydroxyl groups is 1. The van der Waals surface area contributed by atoms with Crippen molar-refractivity contribution in [2.24, 2.45) is 11.7 Å². The van der Waals surface area contributed by atoms with Gasteiger partial charge in [-0.25, -0.2) is 0 Å². The zero-order valence-electron chi connectivity index (χ0n) is 9.98. The highest BCUT2D eigenvalue weighted by Crippen LogP contribution is 2.28. The molecule has 90 valence electrons. The number of aliphatic hydroxyl groups excluding tert-OH is 1. The van der Waals surface area contributed by atoms with Gasteiger partial charge in [0.25, 0.3) is 0 Å². The van der Waals surface area contributed by atoms with E-state index < -0.39 is 6.10 Å². The van der Waals surface area contributed by atoms with Gasteiger partial charge in [-0.1, -0.05) is 19.3 Å². The third-order valence-corrected chi connectivity index (χ3v) is 3.48. The van der Waals surface area contributed by atoms with Crippen molar-refractivity contribution in [3.8, 4) is 0 Å². The summed E-state index contributed by atoms with van der Waals surface area (Å²) in [6, 6.07) is 0. The van der Waals surface area contributed by atoms with Gasteiger partial charge in [-0.15, -0.1) is 0 Å². The van der Waals surface area contributed by atoms with E-state index in [0.717, 1.165) is 0 Å². The topological polar surface area (TPSA) is 55.5 Å². The third kappa shape index (κ3) is 4.09. The number of hydrogen-bond acceptors (Lipinski definition) is 3. The van der Waals surface area contributed by atoms with Crippen LogP contribution < -0.4 is 5.73 Å². The molecular formula is C12H25NO2. The fourth-order valence-corrected chi connectivity index (χ4v) is 2.25. The van der Waals surface area contributed by atoms with Crippen LogP contribution >= 0.6 is 0 Å². The highest BCUT2D eigenvalue weighted by atomic mass is 16.5. The minimum atomic E-state index is -0.414. The van der Waals surface area contributed by atoms with Gasteiger partial charge in [0.1, 0.15) is 0 Å². The van der Waals surface area contributed by atoms with E-state index in [4.69, 9.17) is 10.5 Å². The van der Waals surface area contributed by atoms with E-state index in [-0.39, 0.29) is 12.2 Å². The largest absolute Gasteiger partial charge is 0.391 e. The lowest BCUT2D eigenvalue weighted by Crippen LogP contribution is -2.38. The SMILES string of the molecule is CC(O)C(C)OC(CN)C1CCCCC1. The van der Waals surface area contributed by atoms with Crippen molar-refractivity contribution < 1.29 is 9.84 Å². The quantitative estimate of drug-likeness (QED) is 0.733. The first-order valence-electron chi connectivity index (χ1n) is 6.18. The Morgan fingerprint density at radius 1 is 1.27 bits per heavy atom. The molecule has 3 nitrogen and oxygen atoms in total. The summed E-state index contributed by atoms with van der Waals surface area (Å²) >= 11 is 0. The molecule has 0 heterocycles. The van der Waals surface area contributed by atoms with Crippen molar-refractivity contribution >= 4 is 0 Å². The van der Waals surface area contributed by atoms with Crippen molar-refractivity contribution in [1.82, 2.24) is 0 Å². The predicted octanol–water partition coefficient (Wildman–Crippen LogP) is 1.68. The van der Waals surface area contributed by atoms with Gasteiger partial charge in [-0.3, -0.25) is 0 Å². The van der Waals surface area contributed by atoms with E-state index in [1.54, 1.807) is 6.92 Å². The Morgan fingerprint density at radius 2 is 1.87 bits per heavy atom. The molecule has 0 bridgehead atoms. The molecular weight excluding hydrogens is 190 g/mol. The molecule has 1 aliphatic rings. The third-order valence-electron chi connectivity index (χ3n) is 3.48. The van der Waals surface area contributed by atoms with Crippen molar-refractivity contribution in [1.29, 1.82) is 0 Å². The van der Waals surface area contributed by atoms with E-state index in [2.05, 4.69) is 0 Å². The van der Waals surface area contributed by atoms with Crippen LogP contribution in [0.15, 0.2) is 0 Å². The fraction of sp³-hybridized carbons (Fsp3) is 1.00. The zero-order valence-corrected chi connectivity index (χ0v) is 9.98. The first-order chi connectivity index (χ1) is 7.15. The molecule has 3 atom stereocenters. The number of hydrogen-bond donors (Lipinski definition) is 2. The van der Waals surface area contributed by atoms with Gasteiger partial charge in [0.2, 0.25) is 0 Å². The second kappa shape index (κ2) is 6.46. The van der Waals surface area contributed by atoms with Gasteiger partial charge in [-0.2, -0.15) is 0 Å². The molecule has 0 radical (unpaired) electrons. The summed E-state index contributed by atoms with van der Waals surface area (Å²) < 4.78 is 5.83. The first-order valence-corrected chi connectivity index (χ1v) is 6.18. The molecule has 1 aliphatic carbocycles. The lowest BCUT2D eigenvalue weighted by atomic mass is 9.85. The van der Waals surface area contributed by atoms with Crippen molar-refractivity contribution in [3.63, 3.8) is 0 Å². The fourth-order valence-electron chi connectivity index (χ4n) is 2.25. The minimum absolute atomic E-state index is 0.111. The van der Waals surface area contributed by atoms with Crippen molar-refractivity contribution in [2.75, 3.05) is 6.54 Å². The van der Waals surface area contributed by atoms with E-state index >= 15 is 0 Å². The van der Waals surface area contributed by atoms with E-state index in [0.29, 0.717) is 12.5 Å². The molecule has 3 N–H and O–H groups in total. The Kier molecular flexibility index (Phi) is 5.58. The molecule has 1 rings (SSSR count). The summed E-state index contributed by atoms with van der Waals surface area (Å²) in [6.07, 6.45) is 6.02. The molecule has 15 heavy (non-hydrogen) atoms. The van der Waals surface area contributed by atoms with Gasteiger partial charge in [0.05, 0.1) is 18.3 Å². The summed E-state index contributed by atoms with van der Waals surface area (Å²) in [5.74, 6) is 0.602. The normalized spacial score (nSPS) is 24.8. The summed E-state index contributed by atoms with van der Waals surface area (Å²) in [5.41, 5.74) is 5.75. The summed E-state index contributed by atoms with van der Waals surface area (Å²) in [6.45, 7) is 4.25. The molecule has 0 aliphatic heterocycles. The van der Waals surface area contributed by atoms with Gasteiger partial charge in [0, 0.05) is 6.54 Å². The Hall–Kier alpha value is -0.120. The Bertz CT molecular complexity index is 167. The molecule has 0 saturated heterocycles. The van der Waals surface area contributed by atoms with Crippen molar-refractivity contribution in [2.45, 2.75) is 64.3 Å². The average Bonchev–Trinajstić information content (AvgIpc) is 2.26. The van der Waals surface area contributed by atoms with Crippen LogP contribution in [0.4, 0.5) is 0 Å². The summed E-state index contributed by atoms with van der Waals surface area (Å²) in [4.78, 5) is 0. The van der Waals surface area contributed by atoms with Crippen LogP contribution in [0.3, 0.4) is 0 Å². The van der Waals surface area contributed by atoms with E-state index in [1.165, 1.54) is 32.1 Å². The van der Waals surface area contributed by atoms with Crippen LogP contribution in [-0.4, -0.2) is 30.0 Å². The van der Waals surface area contributed by atoms with Gasteiger partial charge < -0.3 is 15.6 Å². The molecule has 0 aromatic rings. The standard InChI is InChI=1S/C12H25NO2/c1-9(14)10(2)15-12(8-13)11-6-4-3-5-7-11/h9-12,14H,3-8,13H2,1-2H3. The monoisotopic (exact) mass is 215 g/mol. The van der Waals surface area contributed by atoms with Gasteiger partial charge in [0.15, 0.2) is 0 Å². The lowest BCUT2D eigenvalue weighted by Gasteiger charge is -2.32. The summed E-state index contributed by atoms with van der Waals surface area (Å²) in [7, 11) is 0. The maximum Gasteiger partial charge on any atom is 0.0807 e. The average molecular weight is 215 g/mol. The number of ether oxygens (including phenoxy) is 1. The van der Waals surface area contributed by atoms with Crippen LogP contribution in [0.25, 0.3) is 0 Å². The van der Waals surface area contributed by atoms with Crippen LogP contribution in [-0.2, 0) is 4.74 Å². The van der Waals surface area contributed by atoms with E-state index in [9.17, 15) is 5.11 Å². The Balaban J connectivity index is 2.39. The number of rotatable bonds is 5. The minimum Gasteiger partial charge on any atom is -0.391 e. The maximum absolute atomic E-state index is 9.40. The molecule has 1 fully saturated rings. The van der Waals surface area contributed by atoms with Gasteiger partial charge >= 0.3 is 0 Å². The molecule has 3 heteroatoms. The van der Waals surface area contributed by atoms with Gasteiger partial charge in [-0.05, 0) is 32.6 Å². The highest BCUT2D eigenvalue weighted by Gasteiger charge is 2.25. The molecule has 0 aromatic heterocycles. The predicted molar refractivity (Wildman–Crippen MR) is 61.6 cm³/mol. The first kappa shape index (κ1) is 12.9. The lowest BCUT2D eigenvalue weighted by molar-refractivity contribution is -0.0831. The molecule has 0 aromatic carbocycles. The van der Waals surface area contributed by atoms with Crippen LogP contribution in [0.5, 0.6) is 0 Å². The smallest absolute Gasteiger partial charge is 0.0807 e. The second-order valence-corrected chi connectivity index (χ2v) is 4.75. The number of nitrogens with two attached hydrogens (primary N) is 1. The molecule has 3 unspecified atom stereocenters. The summed E-state index contributed by atoms with van der Waals surface area (Å²) in [5, 5.41) is 9.40. The second-order valence-electron chi connectivity index (χ2n) is 4.75. The maximum atomic E-state index is 9.40. The van der Waals surface area contributed by atoms with Crippen molar-refractivity contribution in [3.05, 3.63) is 0 Å². The Labute approximate surface area is 93.0 Å². The molecule has 1 saturated carbocycles. The van der Waals surface area contributed by atoms with Crippen LogP contribution in [0.1, 0.15) is 46.0 Å². The molecule has 0 amide bonds. The van der Waals surface area contributed by atoms with Crippen LogP contribution in [0.2, 0.25) is 0 Å². The Morgan fingerprint density at radius 3 is 2.33 bits per heavy atom. The highest BCUT2D eigenvalue weighted by molar-refractivity contribution is 4.76. The zero-order chi connectivity index (χ0) is 11.3. The van der Waals surface area contributed by atoms with E-state index in [1.807, 2.05) is 6.92 Å².